The van der Waals surface area contributed by atoms with Crippen LogP contribution in [0.3, 0.4) is 0 Å². The van der Waals surface area contributed by atoms with Crippen LogP contribution in [-0.2, 0) is 0 Å². The molecule has 130 valence electrons. The Morgan fingerprint density at radius 2 is 1.96 bits per heavy atom. The van der Waals surface area contributed by atoms with Crippen LogP contribution in [-0.4, -0.2) is 68.6 Å². The second-order valence-corrected chi connectivity index (χ2v) is 6.83. The van der Waals surface area contributed by atoms with Crippen molar-refractivity contribution in [3.05, 3.63) is 16.3 Å². The lowest BCUT2D eigenvalue weighted by Crippen LogP contribution is -2.46. The van der Waals surface area contributed by atoms with E-state index in [9.17, 15) is 4.79 Å². The maximum Gasteiger partial charge on any atom is 0.265 e. The molecule has 1 aliphatic rings. The summed E-state index contributed by atoms with van der Waals surface area (Å²) < 4.78 is 5.17. The number of methoxy groups -OCH3 is 1. The molecule has 0 bridgehead atoms. The van der Waals surface area contributed by atoms with Crippen molar-refractivity contribution in [2.24, 2.45) is 0 Å². The minimum absolute atomic E-state index is 0.0208. The summed E-state index contributed by atoms with van der Waals surface area (Å²) in [4.78, 5) is 17.8. The van der Waals surface area contributed by atoms with Gasteiger partial charge in [-0.05, 0) is 37.4 Å². The number of carbonyl (C=O) groups is 1. The molecule has 0 atom stereocenters. The highest BCUT2D eigenvalue weighted by Gasteiger charge is 2.15. The molecule has 1 amide bonds. The monoisotopic (exact) mass is 339 g/mol. The van der Waals surface area contributed by atoms with Crippen LogP contribution in [0.2, 0.25) is 0 Å². The first-order valence-corrected chi connectivity index (χ1v) is 9.47. The van der Waals surface area contributed by atoms with Gasteiger partial charge in [0, 0.05) is 32.7 Å². The largest absolute Gasteiger partial charge is 0.495 e. The van der Waals surface area contributed by atoms with Gasteiger partial charge in [0.05, 0.1) is 7.11 Å². The van der Waals surface area contributed by atoms with Gasteiger partial charge >= 0.3 is 0 Å². The van der Waals surface area contributed by atoms with Crippen molar-refractivity contribution in [2.45, 2.75) is 26.2 Å². The predicted molar refractivity (Wildman–Crippen MR) is 95.6 cm³/mol. The smallest absolute Gasteiger partial charge is 0.265 e. The predicted octanol–water partition coefficient (Wildman–Crippen LogP) is 2.29. The van der Waals surface area contributed by atoms with Gasteiger partial charge in [-0.2, -0.15) is 0 Å². The summed E-state index contributed by atoms with van der Waals surface area (Å²) in [5.41, 5.74) is 0. The van der Waals surface area contributed by atoms with Crippen molar-refractivity contribution in [1.29, 1.82) is 0 Å². The zero-order valence-corrected chi connectivity index (χ0v) is 15.2. The minimum Gasteiger partial charge on any atom is -0.495 e. The van der Waals surface area contributed by atoms with Crippen molar-refractivity contribution in [1.82, 2.24) is 15.1 Å². The molecule has 0 spiro atoms. The Hall–Kier alpha value is -1.11. The van der Waals surface area contributed by atoms with Crippen LogP contribution in [0.1, 0.15) is 35.9 Å². The summed E-state index contributed by atoms with van der Waals surface area (Å²) in [7, 11) is 1.60. The topological polar surface area (TPSA) is 44.8 Å². The van der Waals surface area contributed by atoms with Gasteiger partial charge in [0.25, 0.3) is 5.91 Å². The summed E-state index contributed by atoms with van der Waals surface area (Å²) in [6.07, 6.45) is 3.41. The Labute approximate surface area is 143 Å². The number of amides is 1. The van der Waals surface area contributed by atoms with Gasteiger partial charge in [0.2, 0.25) is 0 Å². The average Bonchev–Trinajstić information content (AvgIpc) is 3.07. The molecule has 1 aromatic heterocycles. The number of nitrogens with one attached hydrogen (secondary N) is 1. The zero-order chi connectivity index (χ0) is 16.5. The van der Waals surface area contributed by atoms with E-state index >= 15 is 0 Å². The summed E-state index contributed by atoms with van der Waals surface area (Å²) >= 11 is 1.42. The first-order valence-electron chi connectivity index (χ1n) is 8.59. The Bertz CT molecular complexity index is 470. The number of ether oxygens (including phenoxy) is 1. The first kappa shape index (κ1) is 18.2. The molecule has 1 aromatic rings. The number of unbranched alkanes of at least 4 members (excludes halogenated alkanes) is 2. The molecule has 1 N–H and O–H groups in total. The summed E-state index contributed by atoms with van der Waals surface area (Å²) in [5, 5.41) is 4.86. The molecular weight excluding hydrogens is 310 g/mol. The molecule has 0 unspecified atom stereocenters. The molecule has 0 aliphatic carbocycles. The summed E-state index contributed by atoms with van der Waals surface area (Å²) in [6, 6.07) is 1.83. The fourth-order valence-electron chi connectivity index (χ4n) is 2.87. The van der Waals surface area contributed by atoms with Gasteiger partial charge in [-0.1, -0.05) is 13.3 Å². The van der Waals surface area contributed by atoms with E-state index in [-0.39, 0.29) is 5.91 Å². The van der Waals surface area contributed by atoms with E-state index in [0.29, 0.717) is 10.6 Å². The van der Waals surface area contributed by atoms with Gasteiger partial charge in [0.1, 0.15) is 10.6 Å². The molecule has 1 fully saturated rings. The van der Waals surface area contributed by atoms with Crippen LogP contribution < -0.4 is 10.1 Å². The van der Waals surface area contributed by atoms with Gasteiger partial charge < -0.3 is 19.9 Å². The van der Waals surface area contributed by atoms with E-state index in [1.165, 1.54) is 57.0 Å². The molecule has 23 heavy (non-hydrogen) atoms. The number of nitrogens with zero attached hydrogens (tertiary/aromatic N) is 2. The maximum atomic E-state index is 12.0. The normalized spacial score (nSPS) is 16.4. The number of thiophene rings is 1. The Morgan fingerprint density at radius 1 is 1.22 bits per heavy atom. The Kier molecular flexibility index (Phi) is 7.85. The van der Waals surface area contributed by atoms with Gasteiger partial charge in [-0.3, -0.25) is 4.79 Å². The fourth-order valence-corrected chi connectivity index (χ4v) is 3.65. The maximum absolute atomic E-state index is 12.0. The molecule has 5 nitrogen and oxygen atoms in total. The minimum atomic E-state index is -0.0208. The van der Waals surface area contributed by atoms with Gasteiger partial charge in [0.15, 0.2) is 0 Å². The van der Waals surface area contributed by atoms with Crippen LogP contribution in [0.15, 0.2) is 11.4 Å². The van der Waals surface area contributed by atoms with E-state index in [1.54, 1.807) is 7.11 Å². The molecule has 2 heterocycles. The van der Waals surface area contributed by atoms with Crippen LogP contribution >= 0.6 is 11.3 Å². The van der Waals surface area contributed by atoms with E-state index in [2.05, 4.69) is 22.0 Å². The third kappa shape index (κ3) is 5.79. The van der Waals surface area contributed by atoms with Crippen molar-refractivity contribution < 1.29 is 9.53 Å². The molecule has 0 radical (unpaired) electrons. The molecule has 2 rings (SSSR count). The first-order chi connectivity index (χ1) is 11.2. The number of likely N-dealkylation sites (N-methyl/N-ethyl adjacent to an activating group) is 1. The lowest BCUT2D eigenvalue weighted by atomic mass is 10.2. The van der Waals surface area contributed by atoms with E-state index in [0.717, 1.165) is 19.4 Å². The van der Waals surface area contributed by atoms with Crippen molar-refractivity contribution >= 4 is 17.2 Å². The third-order valence-corrected chi connectivity index (χ3v) is 5.30. The second-order valence-electron chi connectivity index (χ2n) is 5.91. The lowest BCUT2D eigenvalue weighted by Gasteiger charge is -2.33. The number of carbonyl (C=O) groups excluding carboxylic acids is 1. The molecule has 6 heteroatoms. The molecule has 0 aromatic carbocycles. The number of piperazine rings is 1. The highest BCUT2D eigenvalue weighted by Crippen LogP contribution is 2.23. The average molecular weight is 340 g/mol. The Balaban J connectivity index is 1.52. The van der Waals surface area contributed by atoms with Crippen molar-refractivity contribution in [3.63, 3.8) is 0 Å². The number of rotatable bonds is 9. The standard InChI is InChI=1S/C17H29N3O2S/c1-3-19-10-12-20(13-11-19)9-6-4-5-8-18-17(21)16-15(22-2)7-14-23-16/h7,14H,3-6,8-13H2,1-2H3,(H,18,21). The second kappa shape index (κ2) is 9.90. The van der Waals surface area contributed by atoms with E-state index in [1.807, 2.05) is 11.4 Å². The quantitative estimate of drug-likeness (QED) is 0.701. The fraction of sp³-hybridized carbons (Fsp3) is 0.706. The van der Waals surface area contributed by atoms with Crippen LogP contribution in [0.25, 0.3) is 0 Å². The SMILES string of the molecule is CCN1CCN(CCCCCNC(=O)c2sccc2OC)CC1. The van der Waals surface area contributed by atoms with E-state index in [4.69, 9.17) is 4.74 Å². The highest BCUT2D eigenvalue weighted by atomic mass is 32.1. The summed E-state index contributed by atoms with van der Waals surface area (Å²) in [5.74, 6) is 0.645. The molecular formula is C17H29N3O2S. The van der Waals surface area contributed by atoms with Gasteiger partial charge in [-0.15, -0.1) is 11.3 Å². The highest BCUT2D eigenvalue weighted by molar-refractivity contribution is 7.12. The van der Waals surface area contributed by atoms with Crippen LogP contribution in [0.4, 0.5) is 0 Å². The number of hydrogen-bond donors (Lipinski definition) is 1. The van der Waals surface area contributed by atoms with Gasteiger partial charge in [-0.25, -0.2) is 0 Å². The van der Waals surface area contributed by atoms with Crippen LogP contribution in [0, 0.1) is 0 Å². The molecule has 1 aliphatic heterocycles. The summed E-state index contributed by atoms with van der Waals surface area (Å²) in [6.45, 7) is 10.1. The molecule has 0 saturated carbocycles. The van der Waals surface area contributed by atoms with Crippen LogP contribution in [0.5, 0.6) is 5.75 Å². The van der Waals surface area contributed by atoms with Crippen molar-refractivity contribution in [3.8, 4) is 5.75 Å². The number of hydrogen-bond acceptors (Lipinski definition) is 5. The lowest BCUT2D eigenvalue weighted by molar-refractivity contribution is 0.0954. The molecule has 1 saturated heterocycles. The third-order valence-electron chi connectivity index (χ3n) is 4.40. The van der Waals surface area contributed by atoms with E-state index < -0.39 is 0 Å². The van der Waals surface area contributed by atoms with Crippen molar-refractivity contribution in [2.75, 3.05) is 52.9 Å². The zero-order valence-electron chi connectivity index (χ0n) is 14.3. The Morgan fingerprint density at radius 3 is 2.65 bits per heavy atom.